The number of halogens is 1. The van der Waals surface area contributed by atoms with Crippen molar-refractivity contribution in [3.05, 3.63) is 66.0 Å². The zero-order chi connectivity index (χ0) is 16.5. The van der Waals surface area contributed by atoms with Gasteiger partial charge in [0.05, 0.1) is 0 Å². The maximum atomic E-state index is 12.7. The molecule has 0 heterocycles. The highest BCUT2D eigenvalue weighted by Gasteiger charge is 2.07. The third-order valence-corrected chi connectivity index (χ3v) is 2.85. The second-order valence-electron chi connectivity index (χ2n) is 4.74. The summed E-state index contributed by atoms with van der Waals surface area (Å²) in [6, 6.07) is 14.6. The average Bonchev–Trinajstić information content (AvgIpc) is 2.58. The first-order valence-corrected chi connectivity index (χ1v) is 7.05. The van der Waals surface area contributed by atoms with E-state index >= 15 is 0 Å². The van der Waals surface area contributed by atoms with E-state index in [-0.39, 0.29) is 19.0 Å². The molecule has 0 fully saturated rings. The molecule has 0 aliphatic rings. The predicted octanol–water partition coefficient (Wildman–Crippen LogP) is 1.73. The van der Waals surface area contributed by atoms with Crippen LogP contribution >= 0.6 is 0 Å². The van der Waals surface area contributed by atoms with Gasteiger partial charge in [0.2, 0.25) is 0 Å². The van der Waals surface area contributed by atoms with Crippen LogP contribution in [0.2, 0.25) is 0 Å². The average molecular weight is 313 g/mol. The van der Waals surface area contributed by atoms with Crippen molar-refractivity contribution in [1.82, 2.24) is 5.32 Å². The lowest BCUT2D eigenvalue weighted by Crippen LogP contribution is -2.34. The van der Waals surface area contributed by atoms with Crippen molar-refractivity contribution in [3.8, 4) is 17.6 Å². The molecule has 1 atom stereocenters. The van der Waals surface area contributed by atoms with Crippen LogP contribution in [0.3, 0.4) is 0 Å². The van der Waals surface area contributed by atoms with E-state index < -0.39 is 12.0 Å². The maximum Gasteiger partial charge on any atom is 0.296 e. The fourth-order valence-electron chi connectivity index (χ4n) is 1.69. The molecule has 23 heavy (non-hydrogen) atoms. The lowest BCUT2D eigenvalue weighted by Gasteiger charge is -2.12. The molecule has 0 aliphatic carbocycles. The van der Waals surface area contributed by atoms with Gasteiger partial charge in [-0.1, -0.05) is 24.1 Å². The Morgan fingerprint density at radius 2 is 1.87 bits per heavy atom. The predicted molar refractivity (Wildman–Crippen MR) is 84.2 cm³/mol. The van der Waals surface area contributed by atoms with Gasteiger partial charge < -0.3 is 15.2 Å². The fraction of sp³-hybridized carbons (Fsp3) is 0.167. The number of rotatable bonds is 5. The minimum absolute atomic E-state index is 0.0158. The summed E-state index contributed by atoms with van der Waals surface area (Å²) < 4.78 is 18.0. The van der Waals surface area contributed by atoms with Gasteiger partial charge in [-0.05, 0) is 36.4 Å². The third kappa shape index (κ3) is 6.20. The van der Waals surface area contributed by atoms with E-state index in [1.54, 1.807) is 12.1 Å². The fourth-order valence-corrected chi connectivity index (χ4v) is 1.69. The van der Waals surface area contributed by atoms with E-state index in [0.717, 1.165) is 5.56 Å². The van der Waals surface area contributed by atoms with Crippen molar-refractivity contribution >= 4 is 5.91 Å². The van der Waals surface area contributed by atoms with E-state index in [1.807, 2.05) is 18.2 Å². The van der Waals surface area contributed by atoms with Crippen LogP contribution in [-0.4, -0.2) is 30.3 Å². The molecule has 5 heteroatoms. The van der Waals surface area contributed by atoms with Gasteiger partial charge in [-0.2, -0.15) is 0 Å². The van der Waals surface area contributed by atoms with Crippen LogP contribution in [-0.2, 0) is 4.79 Å². The van der Waals surface area contributed by atoms with Crippen molar-refractivity contribution in [3.63, 3.8) is 0 Å². The number of carbonyl (C=O) groups excluding carboxylic acids is 1. The first kappa shape index (κ1) is 16.5. The van der Waals surface area contributed by atoms with Crippen LogP contribution in [0.1, 0.15) is 5.56 Å². The van der Waals surface area contributed by atoms with Crippen molar-refractivity contribution in [2.24, 2.45) is 0 Å². The van der Waals surface area contributed by atoms with Gasteiger partial charge in [0.25, 0.3) is 5.91 Å². The molecule has 1 unspecified atom stereocenters. The molecule has 0 bridgehead atoms. The maximum absolute atomic E-state index is 12.7. The van der Waals surface area contributed by atoms with Gasteiger partial charge in [-0.25, -0.2) is 4.39 Å². The van der Waals surface area contributed by atoms with Crippen LogP contribution in [0, 0.1) is 17.7 Å². The summed E-state index contributed by atoms with van der Waals surface area (Å²) in [5, 5.41) is 12.2. The van der Waals surface area contributed by atoms with Crippen LogP contribution in [0.25, 0.3) is 0 Å². The minimum atomic E-state index is -0.887. The number of aliphatic hydroxyl groups excluding tert-OH is 1. The second kappa shape index (κ2) is 8.57. The highest BCUT2D eigenvalue weighted by molar-refractivity contribution is 5.94. The quantitative estimate of drug-likeness (QED) is 0.827. The molecule has 0 saturated carbocycles. The van der Waals surface area contributed by atoms with Crippen molar-refractivity contribution in [2.45, 2.75) is 6.10 Å². The molecule has 2 rings (SSSR count). The zero-order valence-corrected chi connectivity index (χ0v) is 12.3. The Kier molecular flexibility index (Phi) is 6.16. The number of carbonyl (C=O) groups is 1. The molecule has 0 aromatic heterocycles. The highest BCUT2D eigenvalue weighted by Crippen LogP contribution is 2.11. The van der Waals surface area contributed by atoms with E-state index in [2.05, 4.69) is 17.2 Å². The molecule has 4 nitrogen and oxygen atoms in total. The number of ether oxygens (including phenoxy) is 1. The number of benzene rings is 2. The Bertz CT molecular complexity index is 690. The Balaban J connectivity index is 1.71. The topological polar surface area (TPSA) is 58.6 Å². The molecular weight excluding hydrogens is 297 g/mol. The SMILES string of the molecule is O=C(C#Cc1ccccc1)NCC(O)COc1ccc(F)cc1. The van der Waals surface area contributed by atoms with Crippen molar-refractivity contribution in [1.29, 1.82) is 0 Å². The van der Waals surface area contributed by atoms with E-state index in [9.17, 15) is 14.3 Å². The summed E-state index contributed by atoms with van der Waals surface area (Å²) in [6.45, 7) is 0.00151. The largest absolute Gasteiger partial charge is 0.491 e. The third-order valence-electron chi connectivity index (χ3n) is 2.85. The van der Waals surface area contributed by atoms with E-state index in [0.29, 0.717) is 5.75 Å². The summed E-state index contributed by atoms with van der Waals surface area (Å²) in [5.41, 5.74) is 0.739. The summed E-state index contributed by atoms with van der Waals surface area (Å²) in [5.74, 6) is 4.77. The Hall–Kier alpha value is -2.84. The standard InChI is InChI=1S/C18H16FNO3/c19-15-7-9-17(10-8-15)23-13-16(21)12-20-18(22)11-6-14-4-2-1-3-5-14/h1-5,7-10,16,21H,12-13H2,(H,20,22). The van der Waals surface area contributed by atoms with Gasteiger partial charge in [0, 0.05) is 18.0 Å². The van der Waals surface area contributed by atoms with Crippen LogP contribution < -0.4 is 10.1 Å². The number of hydrogen-bond acceptors (Lipinski definition) is 3. The van der Waals surface area contributed by atoms with Gasteiger partial charge in [0.1, 0.15) is 24.3 Å². The van der Waals surface area contributed by atoms with Crippen LogP contribution in [0.15, 0.2) is 54.6 Å². The lowest BCUT2D eigenvalue weighted by molar-refractivity contribution is -0.116. The Morgan fingerprint density at radius 3 is 2.57 bits per heavy atom. The monoisotopic (exact) mass is 313 g/mol. The van der Waals surface area contributed by atoms with E-state index in [1.165, 1.54) is 24.3 Å². The molecular formula is C18H16FNO3. The summed E-state index contributed by atoms with van der Waals surface area (Å²) in [4.78, 5) is 11.6. The molecule has 0 radical (unpaired) electrons. The van der Waals surface area contributed by atoms with Crippen molar-refractivity contribution < 1.29 is 19.0 Å². The van der Waals surface area contributed by atoms with Crippen molar-refractivity contribution in [2.75, 3.05) is 13.2 Å². The first-order valence-electron chi connectivity index (χ1n) is 7.05. The van der Waals surface area contributed by atoms with Crippen LogP contribution in [0.5, 0.6) is 5.75 Å². The summed E-state index contributed by atoms with van der Waals surface area (Å²) in [6.07, 6.45) is -0.887. The molecule has 2 N–H and O–H groups in total. The molecule has 2 aromatic rings. The number of aliphatic hydroxyl groups is 1. The first-order chi connectivity index (χ1) is 11.1. The number of hydrogen-bond donors (Lipinski definition) is 2. The Labute approximate surface area is 133 Å². The number of amides is 1. The minimum Gasteiger partial charge on any atom is -0.491 e. The normalized spacial score (nSPS) is 11.0. The smallest absolute Gasteiger partial charge is 0.296 e. The molecule has 0 saturated heterocycles. The second-order valence-corrected chi connectivity index (χ2v) is 4.74. The summed E-state index contributed by atoms with van der Waals surface area (Å²) >= 11 is 0. The van der Waals surface area contributed by atoms with Gasteiger partial charge >= 0.3 is 0 Å². The van der Waals surface area contributed by atoms with Gasteiger partial charge in [-0.3, -0.25) is 4.79 Å². The van der Waals surface area contributed by atoms with Gasteiger partial charge in [0.15, 0.2) is 0 Å². The summed E-state index contributed by atoms with van der Waals surface area (Å²) in [7, 11) is 0. The zero-order valence-electron chi connectivity index (χ0n) is 12.3. The van der Waals surface area contributed by atoms with Gasteiger partial charge in [-0.15, -0.1) is 0 Å². The lowest BCUT2D eigenvalue weighted by atomic mass is 10.2. The number of nitrogens with one attached hydrogen (secondary N) is 1. The Morgan fingerprint density at radius 1 is 1.17 bits per heavy atom. The molecule has 118 valence electrons. The highest BCUT2D eigenvalue weighted by atomic mass is 19.1. The molecule has 0 aliphatic heterocycles. The van der Waals surface area contributed by atoms with Crippen LogP contribution in [0.4, 0.5) is 4.39 Å². The molecule has 0 spiro atoms. The molecule has 1 amide bonds. The molecule has 2 aromatic carbocycles. The van der Waals surface area contributed by atoms with E-state index in [4.69, 9.17) is 4.74 Å².